The van der Waals surface area contributed by atoms with Gasteiger partial charge in [-0.2, -0.15) is 0 Å². The Bertz CT molecular complexity index is 528. The first-order chi connectivity index (χ1) is 9.49. The van der Waals surface area contributed by atoms with E-state index in [0.29, 0.717) is 11.6 Å². The fourth-order valence-corrected chi connectivity index (χ4v) is 3.31. The summed E-state index contributed by atoms with van der Waals surface area (Å²) in [6.45, 7) is 4.44. The highest BCUT2D eigenvalue weighted by atomic mass is 35.5. The van der Waals surface area contributed by atoms with Crippen molar-refractivity contribution in [3.05, 3.63) is 34.9 Å². The van der Waals surface area contributed by atoms with Gasteiger partial charge < -0.3 is 10.6 Å². The lowest BCUT2D eigenvalue weighted by Gasteiger charge is -2.26. The van der Waals surface area contributed by atoms with Crippen LogP contribution < -0.4 is 5.73 Å². The number of carbonyl (C=O) groups excluding carboxylic acids is 1. The first-order valence-electron chi connectivity index (χ1n) is 7.25. The van der Waals surface area contributed by atoms with Gasteiger partial charge in [0.25, 0.3) is 0 Å². The molecule has 1 aliphatic carbocycles. The van der Waals surface area contributed by atoms with Crippen LogP contribution in [0.1, 0.15) is 31.7 Å². The molecule has 1 aromatic carbocycles. The summed E-state index contributed by atoms with van der Waals surface area (Å²) in [5.41, 5.74) is 6.74. The lowest BCUT2D eigenvalue weighted by molar-refractivity contribution is -0.133. The minimum Gasteiger partial charge on any atom is -0.341 e. The molecule has 2 N–H and O–H groups in total. The summed E-state index contributed by atoms with van der Waals surface area (Å²) in [7, 11) is 0. The van der Waals surface area contributed by atoms with E-state index in [-0.39, 0.29) is 29.1 Å². The number of benzene rings is 1. The maximum atomic E-state index is 12.9. The lowest BCUT2D eigenvalue weighted by Crippen LogP contribution is -2.40. The second-order valence-corrected chi connectivity index (χ2v) is 7.02. The van der Waals surface area contributed by atoms with Crippen molar-refractivity contribution in [2.45, 2.75) is 31.6 Å². The Morgan fingerprint density at radius 1 is 1.29 bits per heavy atom. The molecule has 1 aromatic rings. The van der Waals surface area contributed by atoms with Crippen molar-refractivity contribution < 1.29 is 4.79 Å². The van der Waals surface area contributed by atoms with Crippen LogP contribution in [-0.2, 0) is 10.2 Å². The predicted molar refractivity (Wildman–Crippen MR) is 88.0 cm³/mol. The van der Waals surface area contributed by atoms with Crippen molar-refractivity contribution in [2.24, 2.45) is 11.1 Å². The molecule has 2 fully saturated rings. The van der Waals surface area contributed by atoms with Gasteiger partial charge in [-0.1, -0.05) is 30.7 Å². The molecule has 2 aliphatic rings. The van der Waals surface area contributed by atoms with Crippen molar-refractivity contribution in [3.8, 4) is 0 Å². The quantitative estimate of drug-likeness (QED) is 0.927. The number of nitrogens with zero attached hydrogens (tertiary/aromatic N) is 1. The molecule has 21 heavy (non-hydrogen) atoms. The number of halogens is 2. The summed E-state index contributed by atoms with van der Waals surface area (Å²) in [4.78, 5) is 14.9. The van der Waals surface area contributed by atoms with E-state index < -0.39 is 0 Å². The van der Waals surface area contributed by atoms with Crippen molar-refractivity contribution in [1.29, 1.82) is 0 Å². The molecule has 1 atom stereocenters. The number of nitrogens with two attached hydrogens (primary N) is 1. The molecule has 5 heteroatoms. The monoisotopic (exact) mass is 328 g/mol. The van der Waals surface area contributed by atoms with Gasteiger partial charge in [0, 0.05) is 18.1 Å². The van der Waals surface area contributed by atoms with Gasteiger partial charge in [-0.05, 0) is 48.9 Å². The molecule has 1 saturated heterocycles. The number of amides is 1. The molecule has 1 heterocycles. The normalized spacial score (nSPS) is 26.3. The van der Waals surface area contributed by atoms with E-state index >= 15 is 0 Å². The van der Waals surface area contributed by atoms with Crippen LogP contribution in [0.15, 0.2) is 24.3 Å². The molecule has 3 rings (SSSR count). The van der Waals surface area contributed by atoms with E-state index in [0.717, 1.165) is 37.9 Å². The third-order valence-electron chi connectivity index (χ3n) is 4.89. The van der Waals surface area contributed by atoms with Crippen LogP contribution in [0.3, 0.4) is 0 Å². The van der Waals surface area contributed by atoms with Crippen LogP contribution in [0, 0.1) is 5.41 Å². The molecule has 0 spiro atoms. The van der Waals surface area contributed by atoms with E-state index in [4.69, 9.17) is 17.3 Å². The van der Waals surface area contributed by atoms with Crippen LogP contribution >= 0.6 is 24.0 Å². The number of carbonyl (C=O) groups is 1. The fourth-order valence-electron chi connectivity index (χ4n) is 3.19. The molecular weight excluding hydrogens is 307 g/mol. The maximum Gasteiger partial charge on any atom is 0.233 e. The number of rotatable bonds is 3. The third-order valence-corrected chi connectivity index (χ3v) is 5.15. The SMILES string of the molecule is CC1(CN)CCN(C(=O)C2(c3ccc(Cl)cc3)CC2)C1.Cl. The first-order valence-corrected chi connectivity index (χ1v) is 7.62. The molecule has 3 nitrogen and oxygen atoms in total. The smallest absolute Gasteiger partial charge is 0.233 e. The van der Waals surface area contributed by atoms with Crippen LogP contribution in [-0.4, -0.2) is 30.4 Å². The summed E-state index contributed by atoms with van der Waals surface area (Å²) < 4.78 is 0. The third kappa shape index (κ3) is 2.92. The molecule has 116 valence electrons. The van der Waals surface area contributed by atoms with Crippen LogP contribution in [0.5, 0.6) is 0 Å². The summed E-state index contributed by atoms with van der Waals surface area (Å²) >= 11 is 5.94. The minimum atomic E-state index is -0.287. The van der Waals surface area contributed by atoms with Crippen molar-refractivity contribution in [3.63, 3.8) is 0 Å². The topological polar surface area (TPSA) is 46.3 Å². The van der Waals surface area contributed by atoms with Crippen LogP contribution in [0.4, 0.5) is 0 Å². The Labute approximate surface area is 137 Å². The molecule has 0 aromatic heterocycles. The highest BCUT2D eigenvalue weighted by Gasteiger charge is 2.54. The van der Waals surface area contributed by atoms with Gasteiger partial charge in [-0.3, -0.25) is 4.79 Å². The summed E-state index contributed by atoms with van der Waals surface area (Å²) in [5, 5.41) is 0.717. The largest absolute Gasteiger partial charge is 0.341 e. The second kappa shape index (κ2) is 5.79. The highest BCUT2D eigenvalue weighted by molar-refractivity contribution is 6.30. The van der Waals surface area contributed by atoms with Gasteiger partial charge in [0.2, 0.25) is 5.91 Å². The molecule has 1 aliphatic heterocycles. The van der Waals surface area contributed by atoms with Crippen LogP contribution in [0.25, 0.3) is 0 Å². The van der Waals surface area contributed by atoms with E-state index in [2.05, 4.69) is 6.92 Å². The molecule has 0 bridgehead atoms. The van der Waals surface area contributed by atoms with E-state index in [9.17, 15) is 4.79 Å². The zero-order chi connectivity index (χ0) is 14.4. The van der Waals surface area contributed by atoms with E-state index in [1.807, 2.05) is 29.2 Å². The number of likely N-dealkylation sites (tertiary alicyclic amines) is 1. The zero-order valence-electron chi connectivity index (χ0n) is 12.3. The minimum absolute atomic E-state index is 0. The van der Waals surface area contributed by atoms with E-state index in [1.54, 1.807) is 0 Å². The van der Waals surface area contributed by atoms with Crippen molar-refractivity contribution >= 4 is 29.9 Å². The van der Waals surface area contributed by atoms with Gasteiger partial charge in [-0.15, -0.1) is 12.4 Å². The molecule has 1 amide bonds. The standard InChI is InChI=1S/C16H21ClN2O.ClH/c1-15(10-18)8-9-19(11-15)14(20)16(6-7-16)12-2-4-13(17)5-3-12;/h2-5H,6-11,18H2,1H3;1H. The molecule has 1 saturated carbocycles. The highest BCUT2D eigenvalue weighted by Crippen LogP contribution is 2.50. The Morgan fingerprint density at radius 3 is 2.38 bits per heavy atom. The first kappa shape index (κ1) is 16.6. The van der Waals surface area contributed by atoms with Gasteiger partial charge in [-0.25, -0.2) is 0 Å². The number of hydrogen-bond donors (Lipinski definition) is 1. The predicted octanol–water partition coefficient (Wildman–Crippen LogP) is 2.99. The number of hydrogen-bond acceptors (Lipinski definition) is 2. The van der Waals surface area contributed by atoms with Crippen molar-refractivity contribution in [2.75, 3.05) is 19.6 Å². The average molecular weight is 329 g/mol. The Kier molecular flexibility index (Phi) is 4.57. The van der Waals surface area contributed by atoms with Gasteiger partial charge in [0.05, 0.1) is 5.41 Å². The van der Waals surface area contributed by atoms with Crippen molar-refractivity contribution in [1.82, 2.24) is 4.90 Å². The maximum absolute atomic E-state index is 12.9. The van der Waals surface area contributed by atoms with Gasteiger partial charge in [0.1, 0.15) is 0 Å². The van der Waals surface area contributed by atoms with Gasteiger partial charge >= 0.3 is 0 Å². The van der Waals surface area contributed by atoms with Gasteiger partial charge in [0.15, 0.2) is 0 Å². The Hall–Kier alpha value is -0.770. The van der Waals surface area contributed by atoms with Crippen LogP contribution in [0.2, 0.25) is 5.02 Å². The Balaban J connectivity index is 0.00000161. The Morgan fingerprint density at radius 2 is 1.90 bits per heavy atom. The summed E-state index contributed by atoms with van der Waals surface area (Å²) in [5.74, 6) is 0.275. The second-order valence-electron chi connectivity index (χ2n) is 6.58. The molecule has 1 unspecified atom stereocenters. The summed E-state index contributed by atoms with van der Waals surface area (Å²) in [6, 6.07) is 7.73. The fraction of sp³-hybridized carbons (Fsp3) is 0.562. The summed E-state index contributed by atoms with van der Waals surface area (Å²) in [6.07, 6.45) is 2.90. The average Bonchev–Trinajstić information content (AvgIpc) is 3.17. The zero-order valence-corrected chi connectivity index (χ0v) is 13.8. The molecule has 0 radical (unpaired) electrons. The van der Waals surface area contributed by atoms with E-state index in [1.165, 1.54) is 0 Å². The lowest BCUT2D eigenvalue weighted by atomic mass is 9.90. The molecular formula is C16H22Cl2N2O.